The van der Waals surface area contributed by atoms with E-state index in [4.69, 9.17) is 4.74 Å². The summed E-state index contributed by atoms with van der Waals surface area (Å²) in [5.74, 6) is 0.0186. The van der Waals surface area contributed by atoms with E-state index in [1.54, 1.807) is 6.07 Å². The Bertz CT molecular complexity index is 874. The Morgan fingerprint density at radius 2 is 1.88 bits per heavy atom. The van der Waals surface area contributed by atoms with Crippen LogP contribution >= 0.6 is 0 Å². The molecule has 0 radical (unpaired) electrons. The summed E-state index contributed by atoms with van der Waals surface area (Å²) in [4.78, 5) is 14.6. The summed E-state index contributed by atoms with van der Waals surface area (Å²) >= 11 is 0. The summed E-state index contributed by atoms with van der Waals surface area (Å²) in [5.41, 5.74) is 5.79. The Hall–Kier alpha value is -2.49. The summed E-state index contributed by atoms with van der Waals surface area (Å²) < 4.78 is 5.65. The van der Waals surface area contributed by atoms with Crippen molar-refractivity contribution in [2.45, 2.75) is 38.2 Å². The van der Waals surface area contributed by atoms with E-state index in [0.29, 0.717) is 11.3 Å². The summed E-state index contributed by atoms with van der Waals surface area (Å²) in [5, 5.41) is 11.0. The first-order chi connectivity index (χ1) is 12.2. The molecule has 0 aliphatic carbocycles. The number of fused-ring (bicyclic) bond motifs is 1. The average molecular weight is 335 g/mol. The highest BCUT2D eigenvalue weighted by Gasteiger charge is 2.36. The number of phenolic OH excluding ortho intramolecular Hbond substituents is 1. The van der Waals surface area contributed by atoms with Gasteiger partial charge in [0.2, 0.25) is 0 Å². The number of nitrogens with zero attached hydrogens (tertiary/aromatic N) is 1. The number of carbonyl (C=O) groups is 1. The van der Waals surface area contributed by atoms with E-state index in [9.17, 15) is 9.90 Å². The zero-order valence-electron chi connectivity index (χ0n) is 14.1. The zero-order valence-corrected chi connectivity index (χ0v) is 14.1. The van der Waals surface area contributed by atoms with Crippen LogP contribution in [0.25, 0.3) is 0 Å². The number of carbonyl (C=O) groups excluding carboxylic acids is 1. The van der Waals surface area contributed by atoms with Crippen molar-refractivity contribution in [2.75, 3.05) is 18.0 Å². The van der Waals surface area contributed by atoms with Gasteiger partial charge in [0.25, 0.3) is 0 Å². The smallest absolute Gasteiger partial charge is 0.339 e. The van der Waals surface area contributed by atoms with Crippen LogP contribution in [-0.2, 0) is 17.6 Å². The molecule has 128 valence electrons. The zero-order chi connectivity index (χ0) is 17.0. The molecule has 25 heavy (non-hydrogen) atoms. The normalized spacial score (nSPS) is 21.4. The first-order valence-corrected chi connectivity index (χ1v) is 9.16. The Balaban J connectivity index is 1.69. The Kier molecular flexibility index (Phi) is 3.27. The van der Waals surface area contributed by atoms with E-state index >= 15 is 0 Å². The first kappa shape index (κ1) is 14.8. The molecule has 0 aromatic heterocycles. The number of cyclic esters (lactones) is 1. The second kappa shape index (κ2) is 5.51. The molecule has 1 unspecified atom stereocenters. The number of rotatable bonds is 1. The minimum atomic E-state index is -0.496. The van der Waals surface area contributed by atoms with Gasteiger partial charge < -0.3 is 14.7 Å². The molecule has 4 nitrogen and oxygen atoms in total. The number of aromatic hydroxyl groups is 1. The van der Waals surface area contributed by atoms with Crippen molar-refractivity contribution in [3.8, 4) is 5.75 Å². The number of ether oxygens (including phenoxy) is 1. The van der Waals surface area contributed by atoms with Crippen molar-refractivity contribution in [3.05, 3.63) is 58.1 Å². The molecular weight excluding hydrogens is 314 g/mol. The fourth-order valence-corrected chi connectivity index (χ4v) is 4.60. The highest BCUT2D eigenvalue weighted by molar-refractivity contribution is 5.94. The number of anilines is 1. The fourth-order valence-electron chi connectivity index (χ4n) is 4.60. The topological polar surface area (TPSA) is 49.8 Å². The number of phenols is 1. The molecule has 0 spiro atoms. The van der Waals surface area contributed by atoms with Gasteiger partial charge in [-0.15, -0.1) is 0 Å². The van der Waals surface area contributed by atoms with Crippen molar-refractivity contribution < 1.29 is 14.6 Å². The summed E-state index contributed by atoms with van der Waals surface area (Å²) in [6.07, 6.45) is 4.82. The molecule has 0 fully saturated rings. The second-order valence-electron chi connectivity index (χ2n) is 7.22. The van der Waals surface area contributed by atoms with E-state index < -0.39 is 6.10 Å². The van der Waals surface area contributed by atoms with Crippen LogP contribution in [0, 0.1) is 0 Å². The Morgan fingerprint density at radius 3 is 2.80 bits per heavy atom. The van der Waals surface area contributed by atoms with Crippen molar-refractivity contribution in [2.24, 2.45) is 0 Å². The van der Waals surface area contributed by atoms with Crippen molar-refractivity contribution >= 4 is 11.7 Å². The lowest BCUT2D eigenvalue weighted by Crippen LogP contribution is -2.30. The number of hydrogen-bond donors (Lipinski definition) is 1. The van der Waals surface area contributed by atoms with E-state index in [-0.39, 0.29) is 5.97 Å². The van der Waals surface area contributed by atoms with E-state index in [1.165, 1.54) is 17.7 Å². The van der Waals surface area contributed by atoms with Gasteiger partial charge in [0.15, 0.2) is 6.10 Å². The third-order valence-corrected chi connectivity index (χ3v) is 5.74. The minimum absolute atomic E-state index is 0.301. The van der Waals surface area contributed by atoms with Crippen molar-refractivity contribution in [1.82, 2.24) is 0 Å². The average Bonchev–Trinajstić information content (AvgIpc) is 2.83. The molecule has 5 rings (SSSR count). The molecule has 0 saturated carbocycles. The SMILES string of the molecule is O=C1OC(c2cc3c4c(c2O)CCCN4CCCC3)c2ccccc21. The molecule has 1 N–H and O–H groups in total. The van der Waals surface area contributed by atoms with Gasteiger partial charge in [-0.3, -0.25) is 0 Å². The third kappa shape index (κ3) is 2.16. The predicted octanol–water partition coefficient (Wildman–Crippen LogP) is 3.74. The molecule has 2 aromatic carbocycles. The van der Waals surface area contributed by atoms with Crippen LogP contribution in [0.2, 0.25) is 0 Å². The second-order valence-corrected chi connectivity index (χ2v) is 7.22. The van der Waals surface area contributed by atoms with Gasteiger partial charge in [-0.2, -0.15) is 0 Å². The largest absolute Gasteiger partial charge is 0.507 e. The van der Waals surface area contributed by atoms with Gasteiger partial charge in [0.1, 0.15) is 5.75 Å². The number of hydrogen-bond acceptors (Lipinski definition) is 4. The Morgan fingerprint density at radius 1 is 1.04 bits per heavy atom. The molecule has 2 aromatic rings. The quantitative estimate of drug-likeness (QED) is 0.807. The maximum atomic E-state index is 12.2. The number of benzene rings is 2. The van der Waals surface area contributed by atoms with Gasteiger partial charge in [-0.25, -0.2) is 4.79 Å². The van der Waals surface area contributed by atoms with Crippen LogP contribution in [0.3, 0.4) is 0 Å². The molecule has 3 aliphatic heterocycles. The lowest BCUT2D eigenvalue weighted by Gasteiger charge is -2.33. The van der Waals surface area contributed by atoms with Crippen LogP contribution in [-0.4, -0.2) is 24.2 Å². The van der Waals surface area contributed by atoms with Crippen LogP contribution in [0.15, 0.2) is 30.3 Å². The van der Waals surface area contributed by atoms with Gasteiger partial charge in [-0.05, 0) is 49.8 Å². The van der Waals surface area contributed by atoms with Crippen molar-refractivity contribution in [1.29, 1.82) is 0 Å². The number of aryl methyl sites for hydroxylation is 1. The minimum Gasteiger partial charge on any atom is -0.507 e. The molecular formula is C21H21NO3. The highest BCUT2D eigenvalue weighted by Crippen LogP contribution is 2.47. The summed E-state index contributed by atoms with van der Waals surface area (Å²) in [6, 6.07) is 9.57. The Labute approximate surface area is 147 Å². The fraction of sp³-hybridized carbons (Fsp3) is 0.381. The molecule has 3 aliphatic rings. The maximum Gasteiger partial charge on any atom is 0.339 e. The van der Waals surface area contributed by atoms with Gasteiger partial charge in [-0.1, -0.05) is 18.2 Å². The van der Waals surface area contributed by atoms with Crippen molar-refractivity contribution in [3.63, 3.8) is 0 Å². The number of esters is 1. The molecule has 0 saturated heterocycles. The maximum absolute atomic E-state index is 12.2. The van der Waals surface area contributed by atoms with Crippen LogP contribution in [0.4, 0.5) is 5.69 Å². The summed E-state index contributed by atoms with van der Waals surface area (Å²) in [7, 11) is 0. The highest BCUT2D eigenvalue weighted by atomic mass is 16.5. The van der Waals surface area contributed by atoms with Gasteiger partial charge in [0.05, 0.1) is 5.56 Å². The molecule has 0 amide bonds. The molecule has 4 heteroatoms. The van der Waals surface area contributed by atoms with E-state index in [0.717, 1.165) is 55.5 Å². The van der Waals surface area contributed by atoms with Gasteiger partial charge in [0, 0.05) is 35.5 Å². The summed E-state index contributed by atoms with van der Waals surface area (Å²) in [6.45, 7) is 2.14. The monoisotopic (exact) mass is 335 g/mol. The van der Waals surface area contributed by atoms with E-state index in [2.05, 4.69) is 11.0 Å². The van der Waals surface area contributed by atoms with Gasteiger partial charge >= 0.3 is 5.97 Å². The lowest BCUT2D eigenvalue weighted by molar-refractivity contribution is 0.0452. The molecule has 0 bridgehead atoms. The first-order valence-electron chi connectivity index (χ1n) is 9.16. The van der Waals surface area contributed by atoms with Crippen LogP contribution < -0.4 is 4.90 Å². The molecule has 1 atom stereocenters. The third-order valence-electron chi connectivity index (χ3n) is 5.74. The molecule has 3 heterocycles. The lowest BCUT2D eigenvalue weighted by atomic mass is 9.89. The van der Waals surface area contributed by atoms with Crippen LogP contribution in [0.1, 0.15) is 58.0 Å². The van der Waals surface area contributed by atoms with E-state index in [1.807, 2.05) is 18.2 Å². The standard InChI is InChI=1S/C21H21NO3/c23-19-16-9-5-11-22-10-4-3-6-13(18(16)22)12-17(19)20-14-7-1-2-8-15(14)21(24)25-20/h1-2,7-8,12,20,23H,3-6,9-11H2. The van der Waals surface area contributed by atoms with Crippen LogP contribution in [0.5, 0.6) is 5.75 Å². The predicted molar refractivity (Wildman–Crippen MR) is 95.3 cm³/mol.